The van der Waals surface area contributed by atoms with Gasteiger partial charge in [0.15, 0.2) is 0 Å². The molecule has 1 saturated carbocycles. The number of aliphatic hydroxyl groups is 1. The van der Waals surface area contributed by atoms with E-state index in [0.29, 0.717) is 24.9 Å². The van der Waals surface area contributed by atoms with E-state index in [9.17, 15) is 5.11 Å². The molecule has 2 fully saturated rings. The highest BCUT2D eigenvalue weighted by atomic mass is 16.5. The van der Waals surface area contributed by atoms with Crippen molar-refractivity contribution in [2.75, 3.05) is 52.5 Å². The molecule has 1 aliphatic carbocycles. The molecule has 7 nitrogen and oxygen atoms in total. The van der Waals surface area contributed by atoms with Gasteiger partial charge in [-0.3, -0.25) is 9.80 Å². The molecule has 2 heterocycles. The van der Waals surface area contributed by atoms with E-state index in [0.717, 1.165) is 45.3 Å². The summed E-state index contributed by atoms with van der Waals surface area (Å²) in [6.45, 7) is 6.86. The maximum atomic E-state index is 9.21. The first kappa shape index (κ1) is 14.9. The number of nitrogens with zero attached hydrogens (tertiary/aromatic N) is 4. The fourth-order valence-electron chi connectivity index (χ4n) is 2.54. The Bertz CT molecular complexity index is 430. The van der Waals surface area contributed by atoms with E-state index < -0.39 is 0 Å². The number of hydrogen-bond acceptors (Lipinski definition) is 7. The Hall–Kier alpha value is -1.02. The van der Waals surface area contributed by atoms with Crippen LogP contribution in [-0.4, -0.2) is 77.6 Å². The van der Waals surface area contributed by atoms with Crippen LogP contribution in [0.4, 0.5) is 0 Å². The molecule has 1 aromatic heterocycles. The van der Waals surface area contributed by atoms with Gasteiger partial charge < -0.3 is 14.3 Å². The molecular weight excluding hydrogens is 272 g/mol. The summed E-state index contributed by atoms with van der Waals surface area (Å²) < 4.78 is 11.0. The average molecular weight is 296 g/mol. The Kier molecular flexibility index (Phi) is 5.18. The molecule has 118 valence electrons. The largest absolute Gasteiger partial charge is 0.424 e. The van der Waals surface area contributed by atoms with Gasteiger partial charge in [-0.15, -0.1) is 10.2 Å². The van der Waals surface area contributed by atoms with Crippen molar-refractivity contribution in [3.05, 3.63) is 11.8 Å². The van der Waals surface area contributed by atoms with Gasteiger partial charge in [-0.1, -0.05) is 0 Å². The molecule has 1 aromatic rings. The van der Waals surface area contributed by atoms with Crippen molar-refractivity contribution >= 4 is 0 Å². The predicted molar refractivity (Wildman–Crippen MR) is 75.9 cm³/mol. The molecule has 0 unspecified atom stereocenters. The van der Waals surface area contributed by atoms with Gasteiger partial charge in [0.05, 0.1) is 26.4 Å². The van der Waals surface area contributed by atoms with Crippen molar-refractivity contribution in [2.24, 2.45) is 0 Å². The molecule has 0 spiro atoms. The Morgan fingerprint density at radius 1 is 1.19 bits per heavy atom. The number of aliphatic hydroxyl groups excluding tert-OH is 1. The number of rotatable bonds is 8. The minimum atomic E-state index is 0.146. The summed E-state index contributed by atoms with van der Waals surface area (Å²) >= 11 is 0. The van der Waals surface area contributed by atoms with Crippen molar-refractivity contribution in [3.8, 4) is 0 Å². The van der Waals surface area contributed by atoms with Gasteiger partial charge >= 0.3 is 0 Å². The Morgan fingerprint density at radius 3 is 2.71 bits per heavy atom. The first-order valence-corrected chi connectivity index (χ1v) is 7.81. The van der Waals surface area contributed by atoms with Gasteiger partial charge in [-0.05, 0) is 12.8 Å². The maximum absolute atomic E-state index is 9.21. The van der Waals surface area contributed by atoms with Crippen LogP contribution in [0.1, 0.15) is 30.5 Å². The summed E-state index contributed by atoms with van der Waals surface area (Å²) in [7, 11) is 0. The predicted octanol–water partition coefficient (Wildman–Crippen LogP) is 0.0735. The second kappa shape index (κ2) is 7.31. The molecule has 1 aliphatic heterocycles. The van der Waals surface area contributed by atoms with E-state index in [2.05, 4.69) is 20.0 Å². The van der Waals surface area contributed by atoms with Crippen molar-refractivity contribution < 1.29 is 14.3 Å². The van der Waals surface area contributed by atoms with Gasteiger partial charge in [0.1, 0.15) is 0 Å². The van der Waals surface area contributed by atoms with Crippen LogP contribution in [0.2, 0.25) is 0 Å². The maximum Gasteiger partial charge on any atom is 0.230 e. The highest BCUT2D eigenvalue weighted by Gasteiger charge is 2.29. The smallest absolute Gasteiger partial charge is 0.230 e. The van der Waals surface area contributed by atoms with E-state index in [1.54, 1.807) is 0 Å². The van der Waals surface area contributed by atoms with Crippen LogP contribution in [0.5, 0.6) is 0 Å². The van der Waals surface area contributed by atoms with Crippen LogP contribution < -0.4 is 0 Å². The van der Waals surface area contributed by atoms with Gasteiger partial charge in [-0.25, -0.2) is 0 Å². The number of aromatic nitrogens is 2. The number of ether oxygens (including phenoxy) is 1. The molecule has 1 N–H and O–H groups in total. The SMILES string of the molecule is OCCN(CCN1CCOCC1)Cc1nnc(C2CC2)o1. The average Bonchev–Trinajstić information content (AvgIpc) is 3.26. The molecule has 0 atom stereocenters. The summed E-state index contributed by atoms with van der Waals surface area (Å²) in [6.07, 6.45) is 2.33. The number of morpholine rings is 1. The molecule has 2 aliphatic rings. The summed E-state index contributed by atoms with van der Waals surface area (Å²) in [4.78, 5) is 4.55. The molecule has 7 heteroatoms. The van der Waals surface area contributed by atoms with Gasteiger partial charge in [0.25, 0.3) is 0 Å². The van der Waals surface area contributed by atoms with E-state index in [1.807, 2.05) is 0 Å². The fraction of sp³-hybridized carbons (Fsp3) is 0.857. The summed E-state index contributed by atoms with van der Waals surface area (Å²) in [5.41, 5.74) is 0. The second-order valence-corrected chi connectivity index (χ2v) is 5.76. The van der Waals surface area contributed by atoms with Crippen molar-refractivity contribution in [1.82, 2.24) is 20.0 Å². The standard InChI is InChI=1S/C14H24N4O3/c19-8-5-18(4-3-17-6-9-20-10-7-17)11-13-15-16-14(21-13)12-1-2-12/h12,19H,1-11H2. The van der Waals surface area contributed by atoms with Crippen LogP contribution in [0, 0.1) is 0 Å². The zero-order valence-corrected chi connectivity index (χ0v) is 12.4. The third-order valence-electron chi connectivity index (χ3n) is 4.02. The molecule has 1 saturated heterocycles. The lowest BCUT2D eigenvalue weighted by molar-refractivity contribution is 0.0315. The topological polar surface area (TPSA) is 74.9 Å². The molecule has 3 rings (SSSR count). The molecule has 0 amide bonds. The van der Waals surface area contributed by atoms with Gasteiger partial charge in [0.2, 0.25) is 11.8 Å². The molecular formula is C14H24N4O3. The normalized spacial score (nSPS) is 20.3. The lowest BCUT2D eigenvalue weighted by atomic mass is 10.3. The van der Waals surface area contributed by atoms with Crippen molar-refractivity contribution in [2.45, 2.75) is 25.3 Å². The van der Waals surface area contributed by atoms with Crippen molar-refractivity contribution in [1.29, 1.82) is 0 Å². The third kappa shape index (κ3) is 4.47. The first-order chi connectivity index (χ1) is 10.3. The van der Waals surface area contributed by atoms with Crippen molar-refractivity contribution in [3.63, 3.8) is 0 Å². The lowest BCUT2D eigenvalue weighted by Gasteiger charge is -2.29. The van der Waals surface area contributed by atoms with E-state index in [-0.39, 0.29) is 6.61 Å². The Morgan fingerprint density at radius 2 is 2.00 bits per heavy atom. The number of hydrogen-bond donors (Lipinski definition) is 1. The minimum Gasteiger partial charge on any atom is -0.424 e. The summed E-state index contributed by atoms with van der Waals surface area (Å²) in [5, 5.41) is 17.4. The first-order valence-electron chi connectivity index (χ1n) is 7.81. The highest BCUT2D eigenvalue weighted by Crippen LogP contribution is 2.39. The molecule has 0 aromatic carbocycles. The Balaban J connectivity index is 1.47. The molecule has 0 radical (unpaired) electrons. The quantitative estimate of drug-likeness (QED) is 0.728. The fourth-order valence-corrected chi connectivity index (χ4v) is 2.54. The summed E-state index contributed by atoms with van der Waals surface area (Å²) in [5.74, 6) is 1.93. The van der Waals surface area contributed by atoms with Crippen LogP contribution in [0.15, 0.2) is 4.42 Å². The van der Waals surface area contributed by atoms with Crippen LogP contribution in [-0.2, 0) is 11.3 Å². The minimum absolute atomic E-state index is 0.146. The van der Waals surface area contributed by atoms with E-state index in [1.165, 1.54) is 12.8 Å². The van der Waals surface area contributed by atoms with E-state index in [4.69, 9.17) is 9.15 Å². The molecule has 0 bridgehead atoms. The Labute approximate surface area is 124 Å². The van der Waals surface area contributed by atoms with Crippen LogP contribution >= 0.6 is 0 Å². The van der Waals surface area contributed by atoms with Crippen LogP contribution in [0.3, 0.4) is 0 Å². The summed E-state index contributed by atoms with van der Waals surface area (Å²) in [6, 6.07) is 0. The van der Waals surface area contributed by atoms with Crippen LogP contribution in [0.25, 0.3) is 0 Å². The van der Waals surface area contributed by atoms with Gasteiger partial charge in [-0.2, -0.15) is 0 Å². The highest BCUT2D eigenvalue weighted by molar-refractivity contribution is 5.00. The molecule has 21 heavy (non-hydrogen) atoms. The zero-order valence-electron chi connectivity index (χ0n) is 12.4. The van der Waals surface area contributed by atoms with E-state index >= 15 is 0 Å². The zero-order chi connectivity index (χ0) is 14.5. The second-order valence-electron chi connectivity index (χ2n) is 5.76. The van der Waals surface area contributed by atoms with Gasteiger partial charge in [0, 0.05) is 38.6 Å². The monoisotopic (exact) mass is 296 g/mol. The lowest BCUT2D eigenvalue weighted by Crippen LogP contribution is -2.41. The third-order valence-corrected chi connectivity index (χ3v) is 4.02.